The second-order valence-corrected chi connectivity index (χ2v) is 7.87. The van der Waals surface area contributed by atoms with Gasteiger partial charge in [0, 0.05) is 49.2 Å². The number of benzene rings is 1. The van der Waals surface area contributed by atoms with Gasteiger partial charge in [0.15, 0.2) is 11.5 Å². The van der Waals surface area contributed by atoms with E-state index in [-0.39, 0.29) is 6.03 Å². The fourth-order valence-corrected chi connectivity index (χ4v) is 4.12. The Hall–Kier alpha value is -2.70. The van der Waals surface area contributed by atoms with Gasteiger partial charge in [0.05, 0.1) is 0 Å². The second-order valence-electron chi connectivity index (χ2n) is 7.87. The Balaban J connectivity index is 1.36. The number of rotatable bonds is 4. The fourth-order valence-electron chi connectivity index (χ4n) is 4.12. The summed E-state index contributed by atoms with van der Waals surface area (Å²) >= 11 is 0. The highest BCUT2D eigenvalue weighted by atomic mass is 16.6. The molecule has 7 heteroatoms. The van der Waals surface area contributed by atoms with E-state index in [0.29, 0.717) is 30.9 Å². The van der Waals surface area contributed by atoms with Crippen molar-refractivity contribution in [2.24, 2.45) is 5.92 Å². The average molecular weight is 384 g/mol. The van der Waals surface area contributed by atoms with Crippen LogP contribution in [0.25, 0.3) is 0 Å². The van der Waals surface area contributed by atoms with E-state index in [4.69, 9.17) is 9.47 Å². The number of imidazole rings is 1. The first kappa shape index (κ1) is 18.7. The highest BCUT2D eigenvalue weighted by molar-refractivity contribution is 5.90. The van der Waals surface area contributed by atoms with Gasteiger partial charge in [-0.2, -0.15) is 0 Å². The van der Waals surface area contributed by atoms with Gasteiger partial charge in [0.25, 0.3) is 0 Å². The van der Waals surface area contributed by atoms with E-state index in [1.165, 1.54) is 5.69 Å². The van der Waals surface area contributed by atoms with Crippen molar-refractivity contribution in [2.45, 2.75) is 39.7 Å². The molecule has 0 spiro atoms. The van der Waals surface area contributed by atoms with Crippen LogP contribution < -0.4 is 14.8 Å². The number of likely N-dealkylation sites (tertiary alicyclic amines) is 1. The van der Waals surface area contributed by atoms with Crippen LogP contribution in [0.5, 0.6) is 11.5 Å². The SMILES string of the molecule is Cc1cnc(CC2CCN(C(=O)Nc3ccc4c(c3)OCCO4)C2)n1C(C)C. The lowest BCUT2D eigenvalue weighted by Gasteiger charge is -2.21. The van der Waals surface area contributed by atoms with Gasteiger partial charge < -0.3 is 24.3 Å². The number of carbonyl (C=O) groups is 1. The fraction of sp³-hybridized carbons (Fsp3) is 0.524. The van der Waals surface area contributed by atoms with E-state index < -0.39 is 0 Å². The molecule has 2 amide bonds. The molecule has 1 fully saturated rings. The molecule has 0 aliphatic carbocycles. The summed E-state index contributed by atoms with van der Waals surface area (Å²) in [6.07, 6.45) is 3.84. The maximum absolute atomic E-state index is 12.7. The minimum Gasteiger partial charge on any atom is -0.486 e. The summed E-state index contributed by atoms with van der Waals surface area (Å²) < 4.78 is 13.4. The van der Waals surface area contributed by atoms with Crippen LogP contribution in [0.3, 0.4) is 0 Å². The molecule has 2 aliphatic heterocycles. The van der Waals surface area contributed by atoms with Crippen molar-refractivity contribution in [3.8, 4) is 11.5 Å². The number of nitrogens with one attached hydrogen (secondary N) is 1. The number of fused-ring (bicyclic) bond motifs is 1. The number of nitrogens with zero attached hydrogens (tertiary/aromatic N) is 3. The Bertz CT molecular complexity index is 861. The second kappa shape index (κ2) is 7.73. The molecule has 1 atom stereocenters. The van der Waals surface area contributed by atoms with Crippen LogP contribution in [-0.2, 0) is 6.42 Å². The zero-order valence-electron chi connectivity index (χ0n) is 16.8. The number of anilines is 1. The van der Waals surface area contributed by atoms with Crippen molar-refractivity contribution in [1.82, 2.24) is 14.5 Å². The molecular weight excluding hydrogens is 356 g/mol. The molecule has 3 heterocycles. The van der Waals surface area contributed by atoms with Crippen LogP contribution in [0.4, 0.5) is 10.5 Å². The average Bonchev–Trinajstić information content (AvgIpc) is 3.29. The monoisotopic (exact) mass is 384 g/mol. The molecule has 1 unspecified atom stereocenters. The van der Waals surface area contributed by atoms with Crippen LogP contribution in [0.15, 0.2) is 24.4 Å². The predicted octanol–water partition coefficient (Wildman–Crippen LogP) is 3.64. The summed E-state index contributed by atoms with van der Waals surface area (Å²) in [5.41, 5.74) is 1.92. The first-order valence-electron chi connectivity index (χ1n) is 9.99. The van der Waals surface area contributed by atoms with Crippen LogP contribution >= 0.6 is 0 Å². The van der Waals surface area contributed by atoms with Crippen LogP contribution in [0.1, 0.15) is 37.8 Å². The van der Waals surface area contributed by atoms with Crippen molar-refractivity contribution >= 4 is 11.7 Å². The van der Waals surface area contributed by atoms with Crippen LogP contribution in [0, 0.1) is 12.8 Å². The lowest BCUT2D eigenvalue weighted by molar-refractivity contribution is 0.171. The van der Waals surface area contributed by atoms with Gasteiger partial charge in [0.1, 0.15) is 19.0 Å². The Kier molecular flexibility index (Phi) is 5.15. The van der Waals surface area contributed by atoms with Crippen molar-refractivity contribution in [2.75, 3.05) is 31.6 Å². The number of aryl methyl sites for hydroxylation is 1. The Morgan fingerprint density at radius 1 is 1.29 bits per heavy atom. The summed E-state index contributed by atoms with van der Waals surface area (Å²) in [6, 6.07) is 5.84. The highest BCUT2D eigenvalue weighted by Crippen LogP contribution is 2.33. The van der Waals surface area contributed by atoms with E-state index >= 15 is 0 Å². The molecule has 1 N–H and O–H groups in total. The van der Waals surface area contributed by atoms with Crippen LogP contribution in [-0.4, -0.2) is 46.8 Å². The van der Waals surface area contributed by atoms with Gasteiger partial charge >= 0.3 is 6.03 Å². The van der Waals surface area contributed by atoms with Gasteiger partial charge in [-0.3, -0.25) is 0 Å². The molecule has 0 bridgehead atoms. The molecular formula is C21H28N4O3. The minimum absolute atomic E-state index is 0.0671. The Morgan fingerprint density at radius 3 is 2.86 bits per heavy atom. The molecule has 2 aliphatic rings. The summed E-state index contributed by atoms with van der Waals surface area (Å²) in [6.45, 7) is 9.06. The van der Waals surface area contributed by atoms with Gasteiger partial charge in [-0.1, -0.05) is 0 Å². The highest BCUT2D eigenvalue weighted by Gasteiger charge is 2.28. The smallest absolute Gasteiger partial charge is 0.321 e. The number of urea groups is 1. The van der Waals surface area contributed by atoms with Gasteiger partial charge in [0.2, 0.25) is 0 Å². The normalized spacial score (nSPS) is 18.6. The topological polar surface area (TPSA) is 68.6 Å². The molecule has 0 saturated carbocycles. The third-order valence-corrected chi connectivity index (χ3v) is 5.41. The number of aromatic nitrogens is 2. The van der Waals surface area contributed by atoms with Gasteiger partial charge in [-0.15, -0.1) is 0 Å². The number of hydrogen-bond acceptors (Lipinski definition) is 4. The molecule has 0 radical (unpaired) electrons. The molecule has 1 saturated heterocycles. The number of ether oxygens (including phenoxy) is 2. The van der Waals surface area contributed by atoms with Crippen molar-refractivity contribution in [3.05, 3.63) is 35.9 Å². The van der Waals surface area contributed by atoms with Gasteiger partial charge in [-0.25, -0.2) is 9.78 Å². The first-order valence-corrected chi connectivity index (χ1v) is 9.99. The maximum Gasteiger partial charge on any atom is 0.321 e. The predicted molar refractivity (Wildman–Crippen MR) is 107 cm³/mol. The lowest BCUT2D eigenvalue weighted by atomic mass is 10.0. The van der Waals surface area contributed by atoms with E-state index in [2.05, 4.69) is 35.6 Å². The largest absolute Gasteiger partial charge is 0.486 e. The molecule has 2 aromatic rings. The molecule has 7 nitrogen and oxygen atoms in total. The van der Waals surface area contributed by atoms with Crippen molar-refractivity contribution in [1.29, 1.82) is 0 Å². The third kappa shape index (κ3) is 3.79. The zero-order chi connectivity index (χ0) is 19.7. The third-order valence-electron chi connectivity index (χ3n) is 5.41. The minimum atomic E-state index is -0.0671. The first-order chi connectivity index (χ1) is 13.5. The summed E-state index contributed by atoms with van der Waals surface area (Å²) in [4.78, 5) is 19.2. The number of hydrogen-bond donors (Lipinski definition) is 1. The Morgan fingerprint density at radius 2 is 2.07 bits per heavy atom. The molecule has 150 valence electrons. The van der Waals surface area contributed by atoms with Crippen LogP contribution in [0.2, 0.25) is 0 Å². The van der Waals surface area contributed by atoms with E-state index in [1.54, 1.807) is 0 Å². The zero-order valence-corrected chi connectivity index (χ0v) is 16.8. The molecule has 1 aromatic heterocycles. The number of carbonyl (C=O) groups excluding carboxylic acids is 1. The summed E-state index contributed by atoms with van der Waals surface area (Å²) in [5, 5.41) is 2.98. The summed E-state index contributed by atoms with van der Waals surface area (Å²) in [5.74, 6) is 2.96. The van der Waals surface area contributed by atoms with E-state index in [9.17, 15) is 4.79 Å². The standard InChI is InChI=1S/C21H28N4O3/c1-14(2)25-15(3)12-22-20(25)10-16-6-7-24(13-16)21(26)23-17-4-5-18-19(11-17)28-9-8-27-18/h4-5,11-12,14,16H,6-10,13H2,1-3H3,(H,23,26). The van der Waals surface area contributed by atoms with Gasteiger partial charge in [-0.05, 0) is 45.2 Å². The maximum atomic E-state index is 12.7. The van der Waals surface area contributed by atoms with Crippen molar-refractivity contribution in [3.63, 3.8) is 0 Å². The molecule has 1 aromatic carbocycles. The molecule has 28 heavy (non-hydrogen) atoms. The quantitative estimate of drug-likeness (QED) is 0.874. The molecule has 4 rings (SSSR count). The van der Waals surface area contributed by atoms with Crippen molar-refractivity contribution < 1.29 is 14.3 Å². The van der Waals surface area contributed by atoms with E-state index in [1.807, 2.05) is 29.3 Å². The Labute approximate surface area is 165 Å². The number of amides is 2. The van der Waals surface area contributed by atoms with E-state index in [0.717, 1.165) is 43.2 Å². The summed E-state index contributed by atoms with van der Waals surface area (Å²) in [7, 11) is 0. The lowest BCUT2D eigenvalue weighted by Crippen LogP contribution is -2.33.